The van der Waals surface area contributed by atoms with Crippen LogP contribution in [0.15, 0.2) is 54.6 Å². The number of nitrogens with one attached hydrogen (secondary N) is 1. The quantitative estimate of drug-likeness (QED) is 0.640. The van der Waals surface area contributed by atoms with Crippen LogP contribution in [-0.2, 0) is 17.8 Å². The van der Waals surface area contributed by atoms with Crippen molar-refractivity contribution in [2.24, 2.45) is 0 Å². The van der Waals surface area contributed by atoms with E-state index >= 15 is 0 Å². The van der Waals surface area contributed by atoms with E-state index in [4.69, 9.17) is 14.9 Å². The number of benzene rings is 2. The lowest BCUT2D eigenvalue weighted by Crippen LogP contribution is -2.06. The lowest BCUT2D eigenvalue weighted by Gasteiger charge is -2.08. The lowest BCUT2D eigenvalue weighted by molar-refractivity contribution is 0.306. The fourth-order valence-corrected chi connectivity index (χ4v) is 1.86. The van der Waals surface area contributed by atoms with Crippen LogP contribution >= 0.6 is 0 Å². The van der Waals surface area contributed by atoms with E-state index in [1.165, 1.54) is 0 Å². The standard InChI is InChI=1S/C17H19NO2/c1-2-19-17(18)12-14-8-10-16(11-9-14)20-13-15-6-4-3-5-7-15/h3-11,18H,2,12-13H2,1H3. The van der Waals surface area contributed by atoms with Gasteiger partial charge in [0.2, 0.25) is 0 Å². The summed E-state index contributed by atoms with van der Waals surface area (Å²) in [5.74, 6) is 1.13. The van der Waals surface area contributed by atoms with Crippen LogP contribution in [0.25, 0.3) is 0 Å². The Morgan fingerprint density at radius 1 is 0.950 bits per heavy atom. The minimum Gasteiger partial charge on any atom is -0.489 e. The molecule has 104 valence electrons. The van der Waals surface area contributed by atoms with E-state index in [-0.39, 0.29) is 0 Å². The summed E-state index contributed by atoms with van der Waals surface area (Å²) in [6, 6.07) is 17.9. The third kappa shape index (κ3) is 4.43. The van der Waals surface area contributed by atoms with Gasteiger partial charge in [-0.3, -0.25) is 5.41 Å². The monoisotopic (exact) mass is 269 g/mol. The lowest BCUT2D eigenvalue weighted by atomic mass is 10.1. The molecule has 1 N–H and O–H groups in total. The van der Waals surface area contributed by atoms with E-state index < -0.39 is 0 Å². The molecule has 0 aliphatic carbocycles. The number of ether oxygens (including phenoxy) is 2. The first-order valence-electron chi connectivity index (χ1n) is 6.74. The highest BCUT2D eigenvalue weighted by Crippen LogP contribution is 2.14. The predicted molar refractivity (Wildman–Crippen MR) is 80.3 cm³/mol. The summed E-state index contributed by atoms with van der Waals surface area (Å²) in [5, 5.41) is 7.62. The third-order valence-electron chi connectivity index (χ3n) is 2.85. The van der Waals surface area contributed by atoms with Gasteiger partial charge in [-0.1, -0.05) is 42.5 Å². The largest absolute Gasteiger partial charge is 0.489 e. The molecule has 2 aromatic carbocycles. The smallest absolute Gasteiger partial charge is 0.184 e. The van der Waals surface area contributed by atoms with Crippen LogP contribution in [0.5, 0.6) is 5.75 Å². The van der Waals surface area contributed by atoms with Gasteiger partial charge in [-0.15, -0.1) is 0 Å². The molecule has 2 aromatic rings. The van der Waals surface area contributed by atoms with Crippen LogP contribution in [0.4, 0.5) is 0 Å². The van der Waals surface area contributed by atoms with Crippen molar-refractivity contribution in [2.75, 3.05) is 6.61 Å². The maximum absolute atomic E-state index is 7.62. The molecule has 0 radical (unpaired) electrons. The van der Waals surface area contributed by atoms with E-state index in [2.05, 4.69) is 0 Å². The maximum Gasteiger partial charge on any atom is 0.184 e. The average molecular weight is 269 g/mol. The Balaban J connectivity index is 1.87. The molecule has 0 bridgehead atoms. The molecule has 20 heavy (non-hydrogen) atoms. The summed E-state index contributed by atoms with van der Waals surface area (Å²) >= 11 is 0. The summed E-state index contributed by atoms with van der Waals surface area (Å²) in [5.41, 5.74) is 2.20. The van der Waals surface area contributed by atoms with Gasteiger partial charge in [-0.2, -0.15) is 0 Å². The molecular formula is C17H19NO2. The summed E-state index contributed by atoms with van der Waals surface area (Å²) in [7, 11) is 0. The zero-order valence-electron chi connectivity index (χ0n) is 11.6. The molecule has 0 saturated heterocycles. The van der Waals surface area contributed by atoms with Gasteiger partial charge < -0.3 is 9.47 Å². The van der Waals surface area contributed by atoms with Crippen molar-refractivity contribution in [3.05, 3.63) is 65.7 Å². The second kappa shape index (κ2) is 7.34. The maximum atomic E-state index is 7.62. The molecule has 0 aliphatic rings. The topological polar surface area (TPSA) is 42.3 Å². The predicted octanol–water partition coefficient (Wildman–Crippen LogP) is 3.82. The van der Waals surface area contributed by atoms with Gasteiger partial charge in [0.05, 0.1) is 6.61 Å². The highest BCUT2D eigenvalue weighted by molar-refractivity contribution is 5.75. The molecule has 3 nitrogen and oxygen atoms in total. The van der Waals surface area contributed by atoms with Crippen LogP contribution in [0.3, 0.4) is 0 Å². The van der Waals surface area contributed by atoms with Gasteiger partial charge in [0.25, 0.3) is 0 Å². The number of rotatable bonds is 6. The van der Waals surface area contributed by atoms with Gasteiger partial charge >= 0.3 is 0 Å². The molecule has 2 rings (SSSR count). The summed E-state index contributed by atoms with van der Waals surface area (Å²) in [6.45, 7) is 2.99. The van der Waals surface area contributed by atoms with E-state index in [1.54, 1.807) is 0 Å². The molecule has 0 unspecified atom stereocenters. The first-order chi connectivity index (χ1) is 9.78. The van der Waals surface area contributed by atoms with Crippen molar-refractivity contribution in [1.82, 2.24) is 0 Å². The van der Waals surface area contributed by atoms with Crippen molar-refractivity contribution < 1.29 is 9.47 Å². The van der Waals surface area contributed by atoms with Crippen molar-refractivity contribution in [3.63, 3.8) is 0 Å². The van der Waals surface area contributed by atoms with E-state index in [1.807, 2.05) is 61.5 Å². The molecule has 0 fully saturated rings. The Morgan fingerprint density at radius 2 is 1.65 bits per heavy atom. The van der Waals surface area contributed by atoms with Crippen molar-refractivity contribution in [1.29, 1.82) is 5.41 Å². The second-order valence-corrected chi connectivity index (χ2v) is 4.45. The van der Waals surface area contributed by atoms with Crippen LogP contribution in [0.1, 0.15) is 18.1 Å². The summed E-state index contributed by atoms with van der Waals surface area (Å²) < 4.78 is 10.8. The highest BCUT2D eigenvalue weighted by atomic mass is 16.5. The van der Waals surface area contributed by atoms with Gasteiger partial charge in [0.1, 0.15) is 12.4 Å². The molecule has 0 amide bonds. The van der Waals surface area contributed by atoms with Gasteiger partial charge in [0, 0.05) is 6.42 Å². The van der Waals surface area contributed by atoms with Crippen molar-refractivity contribution in [2.45, 2.75) is 20.0 Å². The molecule has 0 atom stereocenters. The van der Waals surface area contributed by atoms with E-state index in [0.29, 0.717) is 25.5 Å². The first kappa shape index (κ1) is 14.1. The van der Waals surface area contributed by atoms with Crippen LogP contribution in [0.2, 0.25) is 0 Å². The van der Waals surface area contributed by atoms with Gasteiger partial charge in [0.15, 0.2) is 5.90 Å². The van der Waals surface area contributed by atoms with Gasteiger partial charge in [-0.25, -0.2) is 0 Å². The SMILES string of the molecule is CCOC(=N)Cc1ccc(OCc2ccccc2)cc1. The number of hydrogen-bond acceptors (Lipinski definition) is 3. The Bertz CT molecular complexity index is 535. The molecule has 3 heteroatoms. The minimum absolute atomic E-state index is 0.297. The molecule has 0 spiro atoms. The second-order valence-electron chi connectivity index (χ2n) is 4.45. The molecule has 0 aliphatic heterocycles. The summed E-state index contributed by atoms with van der Waals surface area (Å²) in [6.07, 6.45) is 0.521. The molecule has 0 heterocycles. The van der Waals surface area contributed by atoms with Crippen LogP contribution in [0, 0.1) is 5.41 Å². The fourth-order valence-electron chi connectivity index (χ4n) is 1.86. The summed E-state index contributed by atoms with van der Waals surface area (Å²) in [4.78, 5) is 0. The zero-order chi connectivity index (χ0) is 14.2. The fraction of sp³-hybridized carbons (Fsp3) is 0.235. The van der Waals surface area contributed by atoms with Crippen molar-refractivity contribution in [3.8, 4) is 5.75 Å². The van der Waals surface area contributed by atoms with E-state index in [9.17, 15) is 0 Å². The highest BCUT2D eigenvalue weighted by Gasteiger charge is 2.01. The number of hydrogen-bond donors (Lipinski definition) is 1. The average Bonchev–Trinajstić information content (AvgIpc) is 2.48. The van der Waals surface area contributed by atoms with E-state index in [0.717, 1.165) is 16.9 Å². The molecule has 0 aromatic heterocycles. The van der Waals surface area contributed by atoms with Crippen molar-refractivity contribution >= 4 is 5.90 Å². The zero-order valence-corrected chi connectivity index (χ0v) is 11.6. The Morgan fingerprint density at radius 3 is 2.30 bits per heavy atom. The molecular weight excluding hydrogens is 250 g/mol. The Hall–Kier alpha value is -2.29. The Kier molecular flexibility index (Phi) is 5.18. The molecule has 0 saturated carbocycles. The minimum atomic E-state index is 0.297. The Labute approximate surface area is 119 Å². The first-order valence-corrected chi connectivity index (χ1v) is 6.74. The van der Waals surface area contributed by atoms with Crippen LogP contribution in [-0.4, -0.2) is 12.5 Å². The van der Waals surface area contributed by atoms with Crippen LogP contribution < -0.4 is 4.74 Å². The third-order valence-corrected chi connectivity index (χ3v) is 2.85. The van der Waals surface area contributed by atoms with Gasteiger partial charge in [-0.05, 0) is 30.2 Å². The normalized spacial score (nSPS) is 10.1.